The van der Waals surface area contributed by atoms with Gasteiger partial charge in [0, 0.05) is 49.8 Å². The number of rotatable bonds is 3. The number of carbonyl (C=O) groups is 2. The zero-order valence-electron chi connectivity index (χ0n) is 17.7. The molecule has 1 amide bonds. The summed E-state index contributed by atoms with van der Waals surface area (Å²) < 4.78 is 0. The van der Waals surface area contributed by atoms with Crippen molar-refractivity contribution >= 4 is 23.1 Å². The lowest BCUT2D eigenvalue weighted by Gasteiger charge is -2.39. The van der Waals surface area contributed by atoms with E-state index in [0.29, 0.717) is 12.8 Å². The standard InChI is InChI=1S/C25H28N2O2/c1-16-8-9-17(2)22(14-16)27-21-6-5-7-23(28)25(21)20(15-24(27)29)18-10-12-19(13-11-18)26(3)4/h8-14,20H,5-7,15H2,1-4H3. The van der Waals surface area contributed by atoms with Gasteiger partial charge in [-0.1, -0.05) is 24.3 Å². The Bertz CT molecular complexity index is 1000. The van der Waals surface area contributed by atoms with Gasteiger partial charge in [0.1, 0.15) is 0 Å². The van der Waals surface area contributed by atoms with Crippen LogP contribution in [0.4, 0.5) is 11.4 Å². The van der Waals surface area contributed by atoms with E-state index in [1.165, 1.54) is 0 Å². The first-order valence-electron chi connectivity index (χ1n) is 10.3. The average Bonchev–Trinajstić information content (AvgIpc) is 2.70. The molecule has 2 aromatic carbocycles. The summed E-state index contributed by atoms with van der Waals surface area (Å²) in [5.41, 5.74) is 7.00. The molecule has 0 radical (unpaired) electrons. The van der Waals surface area contributed by atoms with Crippen LogP contribution in [0.1, 0.15) is 48.3 Å². The van der Waals surface area contributed by atoms with Gasteiger partial charge in [-0.25, -0.2) is 0 Å². The van der Waals surface area contributed by atoms with E-state index in [4.69, 9.17) is 0 Å². The molecule has 0 aromatic heterocycles. The number of allylic oxidation sites excluding steroid dienone is 2. The normalized spacial score (nSPS) is 19.4. The molecule has 29 heavy (non-hydrogen) atoms. The van der Waals surface area contributed by atoms with E-state index >= 15 is 0 Å². The summed E-state index contributed by atoms with van der Waals surface area (Å²) in [6.07, 6.45) is 2.48. The summed E-state index contributed by atoms with van der Waals surface area (Å²) in [7, 11) is 4.01. The summed E-state index contributed by atoms with van der Waals surface area (Å²) in [6.45, 7) is 4.06. The molecule has 150 valence electrons. The SMILES string of the molecule is Cc1ccc(C)c(N2C(=O)CC(c3ccc(N(C)C)cc3)C3=C2CCCC3=O)c1. The second kappa shape index (κ2) is 7.51. The van der Waals surface area contributed by atoms with Crippen LogP contribution in [0.3, 0.4) is 0 Å². The zero-order valence-corrected chi connectivity index (χ0v) is 17.7. The Kier molecular flexibility index (Phi) is 5.03. The molecule has 1 aliphatic carbocycles. The van der Waals surface area contributed by atoms with Crippen LogP contribution < -0.4 is 9.80 Å². The number of aryl methyl sites for hydroxylation is 2. The third-order valence-electron chi connectivity index (χ3n) is 6.09. The van der Waals surface area contributed by atoms with Crippen molar-refractivity contribution < 1.29 is 9.59 Å². The summed E-state index contributed by atoms with van der Waals surface area (Å²) >= 11 is 0. The predicted octanol–water partition coefficient (Wildman–Crippen LogP) is 4.90. The molecule has 1 aliphatic heterocycles. The first kappa shape index (κ1) is 19.4. The van der Waals surface area contributed by atoms with Crippen molar-refractivity contribution in [2.45, 2.75) is 45.4 Å². The first-order chi connectivity index (χ1) is 13.9. The van der Waals surface area contributed by atoms with Crippen LogP contribution in [0.2, 0.25) is 0 Å². The molecule has 0 saturated heterocycles. The van der Waals surface area contributed by atoms with Gasteiger partial charge in [-0.2, -0.15) is 0 Å². The topological polar surface area (TPSA) is 40.6 Å². The molecule has 1 unspecified atom stereocenters. The fourth-order valence-corrected chi connectivity index (χ4v) is 4.52. The molecule has 4 nitrogen and oxygen atoms in total. The van der Waals surface area contributed by atoms with Crippen molar-refractivity contribution in [3.8, 4) is 0 Å². The molecule has 0 spiro atoms. The molecular weight excluding hydrogens is 360 g/mol. The minimum Gasteiger partial charge on any atom is -0.378 e. The van der Waals surface area contributed by atoms with Gasteiger partial charge in [-0.05, 0) is 61.6 Å². The number of Topliss-reactive ketones (excluding diaryl/α,β-unsaturated/α-hetero) is 1. The first-order valence-corrected chi connectivity index (χ1v) is 10.3. The molecule has 0 N–H and O–H groups in total. The van der Waals surface area contributed by atoms with Crippen LogP contribution >= 0.6 is 0 Å². The highest BCUT2D eigenvalue weighted by Crippen LogP contribution is 2.44. The largest absolute Gasteiger partial charge is 0.378 e. The van der Waals surface area contributed by atoms with E-state index in [-0.39, 0.29) is 17.6 Å². The smallest absolute Gasteiger partial charge is 0.232 e. The molecule has 4 rings (SSSR count). The molecular formula is C25H28N2O2. The predicted molar refractivity (Wildman–Crippen MR) is 117 cm³/mol. The Labute approximate surface area is 172 Å². The van der Waals surface area contributed by atoms with Gasteiger partial charge in [0.25, 0.3) is 0 Å². The van der Waals surface area contributed by atoms with Crippen molar-refractivity contribution in [3.05, 3.63) is 70.4 Å². The molecule has 0 bridgehead atoms. The van der Waals surface area contributed by atoms with E-state index in [1.54, 1.807) is 0 Å². The van der Waals surface area contributed by atoms with E-state index in [0.717, 1.165) is 52.2 Å². The van der Waals surface area contributed by atoms with E-state index < -0.39 is 0 Å². The lowest BCUT2D eigenvalue weighted by Crippen LogP contribution is -2.41. The van der Waals surface area contributed by atoms with Crippen LogP contribution in [0, 0.1) is 13.8 Å². The monoisotopic (exact) mass is 388 g/mol. The number of nitrogens with zero attached hydrogens (tertiary/aromatic N) is 2. The van der Waals surface area contributed by atoms with Crippen molar-refractivity contribution in [2.24, 2.45) is 0 Å². The Hall–Kier alpha value is -2.88. The number of ketones is 1. The molecule has 0 saturated carbocycles. The maximum Gasteiger partial charge on any atom is 0.232 e. The number of hydrogen-bond acceptors (Lipinski definition) is 3. The highest BCUT2D eigenvalue weighted by molar-refractivity contribution is 6.07. The Morgan fingerprint density at radius 1 is 0.966 bits per heavy atom. The highest BCUT2D eigenvalue weighted by Gasteiger charge is 2.40. The fourth-order valence-electron chi connectivity index (χ4n) is 4.52. The van der Waals surface area contributed by atoms with Crippen molar-refractivity contribution in [2.75, 3.05) is 23.9 Å². The maximum atomic E-state index is 13.4. The lowest BCUT2D eigenvalue weighted by molar-refractivity contribution is -0.119. The number of carbonyl (C=O) groups excluding carboxylic acids is 2. The summed E-state index contributed by atoms with van der Waals surface area (Å²) in [6, 6.07) is 14.4. The minimum absolute atomic E-state index is 0.0776. The molecule has 2 aromatic rings. The van der Waals surface area contributed by atoms with Crippen LogP contribution in [0.5, 0.6) is 0 Å². The second-order valence-electron chi connectivity index (χ2n) is 8.40. The van der Waals surface area contributed by atoms with Crippen molar-refractivity contribution in [1.29, 1.82) is 0 Å². The number of benzene rings is 2. The molecule has 4 heteroatoms. The number of amides is 1. The van der Waals surface area contributed by atoms with Gasteiger partial charge >= 0.3 is 0 Å². The summed E-state index contributed by atoms with van der Waals surface area (Å²) in [4.78, 5) is 30.3. The van der Waals surface area contributed by atoms with Crippen LogP contribution in [-0.2, 0) is 9.59 Å². The quantitative estimate of drug-likeness (QED) is 0.751. The fraction of sp³-hybridized carbons (Fsp3) is 0.360. The van der Waals surface area contributed by atoms with Crippen LogP contribution in [0.25, 0.3) is 0 Å². The third-order valence-corrected chi connectivity index (χ3v) is 6.09. The molecule has 1 atom stereocenters. The minimum atomic E-state index is -0.150. The molecule has 1 heterocycles. The second-order valence-corrected chi connectivity index (χ2v) is 8.40. The van der Waals surface area contributed by atoms with Crippen LogP contribution in [0.15, 0.2) is 53.7 Å². The van der Waals surface area contributed by atoms with E-state index in [9.17, 15) is 9.59 Å². The van der Waals surface area contributed by atoms with Gasteiger partial charge in [-0.3, -0.25) is 14.5 Å². The van der Waals surface area contributed by atoms with E-state index in [1.807, 2.05) is 32.8 Å². The van der Waals surface area contributed by atoms with Gasteiger partial charge in [0.15, 0.2) is 5.78 Å². The van der Waals surface area contributed by atoms with Crippen molar-refractivity contribution in [3.63, 3.8) is 0 Å². The van der Waals surface area contributed by atoms with Gasteiger partial charge in [-0.15, -0.1) is 0 Å². The van der Waals surface area contributed by atoms with Crippen molar-refractivity contribution in [1.82, 2.24) is 0 Å². The Morgan fingerprint density at radius 2 is 1.69 bits per heavy atom. The van der Waals surface area contributed by atoms with Gasteiger partial charge in [0.2, 0.25) is 5.91 Å². The zero-order chi connectivity index (χ0) is 20.7. The van der Waals surface area contributed by atoms with Gasteiger partial charge in [0.05, 0.1) is 5.69 Å². The summed E-state index contributed by atoms with van der Waals surface area (Å²) in [5, 5.41) is 0. The average molecular weight is 389 g/mol. The number of anilines is 2. The third kappa shape index (κ3) is 3.48. The Morgan fingerprint density at radius 3 is 2.38 bits per heavy atom. The van der Waals surface area contributed by atoms with E-state index in [2.05, 4.69) is 47.4 Å². The van der Waals surface area contributed by atoms with Crippen LogP contribution in [-0.4, -0.2) is 25.8 Å². The maximum absolute atomic E-state index is 13.4. The number of hydrogen-bond donors (Lipinski definition) is 0. The molecule has 0 fully saturated rings. The summed E-state index contributed by atoms with van der Waals surface area (Å²) in [5.74, 6) is 0.118. The molecule has 2 aliphatic rings. The highest BCUT2D eigenvalue weighted by atomic mass is 16.2. The Balaban J connectivity index is 1.83. The lowest BCUT2D eigenvalue weighted by atomic mass is 9.77. The van der Waals surface area contributed by atoms with Gasteiger partial charge < -0.3 is 4.90 Å².